The van der Waals surface area contributed by atoms with Crippen LogP contribution in [-0.2, 0) is 20.2 Å². The molecule has 4 aromatic carbocycles. The van der Waals surface area contributed by atoms with Crippen molar-refractivity contribution in [2.45, 2.75) is 9.79 Å². The molecule has 16 nitrogen and oxygen atoms in total. The molecule has 230 valence electrons. The molecular formula is C26H18N4Na4O12S2. The van der Waals surface area contributed by atoms with Crippen LogP contribution in [0.25, 0.3) is 11.1 Å². The zero-order valence-electron chi connectivity index (χ0n) is 25.7. The van der Waals surface area contributed by atoms with E-state index in [0.29, 0.717) is 0 Å². The monoisotopic (exact) mass is 734 g/mol. The van der Waals surface area contributed by atoms with Gasteiger partial charge in [0.2, 0.25) is 0 Å². The molecule has 4 radical (unpaired) electrons. The van der Waals surface area contributed by atoms with Gasteiger partial charge in [0.15, 0.2) is 0 Å². The summed E-state index contributed by atoms with van der Waals surface area (Å²) in [4.78, 5) is 20.8. The van der Waals surface area contributed by atoms with Gasteiger partial charge in [-0.25, -0.2) is 9.59 Å². The van der Waals surface area contributed by atoms with E-state index in [4.69, 9.17) is 10.2 Å². The first-order valence-electron chi connectivity index (χ1n) is 11.7. The molecule has 0 atom stereocenters. The summed E-state index contributed by atoms with van der Waals surface area (Å²) in [7, 11) is -10.1. The predicted molar refractivity (Wildman–Crippen MR) is 173 cm³/mol. The minimum absolute atomic E-state index is 0. The van der Waals surface area contributed by atoms with Gasteiger partial charge in [-0.3, -0.25) is 9.11 Å². The molecule has 6 N–H and O–H groups in total. The fraction of sp³-hybridized carbons (Fsp3) is 0. The van der Waals surface area contributed by atoms with Crippen molar-refractivity contribution in [3.63, 3.8) is 0 Å². The van der Waals surface area contributed by atoms with E-state index in [9.17, 15) is 45.7 Å². The standard InChI is InChI=1S/C26H18N4O12S2.4Na/c31-21-7-3-13(9-19(21)25(33)34)27-29-15-1-5-17(23(11-15)43(37,38)39)18-6-2-16(12-24(18)44(40,41)42)30-28-14-4-8-22(32)20(10-14)26(35)36;;;;/h1-12,31-32H,(H,33,34)(H,35,36)(H,37,38,39)(H,40,41,42);;;;. The maximum atomic E-state index is 12.3. The van der Waals surface area contributed by atoms with Gasteiger partial charge in [0, 0.05) is 129 Å². The molecule has 0 aliphatic carbocycles. The Morgan fingerprint density at radius 3 is 1.02 bits per heavy atom. The Hall–Kier alpha value is -1.56. The van der Waals surface area contributed by atoms with Crippen molar-refractivity contribution in [1.29, 1.82) is 0 Å². The van der Waals surface area contributed by atoms with Crippen LogP contribution in [0.3, 0.4) is 0 Å². The molecule has 0 aliphatic heterocycles. The second-order valence-corrected chi connectivity index (χ2v) is 11.5. The van der Waals surface area contributed by atoms with Crippen LogP contribution in [0, 0.1) is 0 Å². The molecule has 48 heavy (non-hydrogen) atoms. The molecule has 0 spiro atoms. The maximum Gasteiger partial charge on any atom is 0.339 e. The Balaban J connectivity index is 0.00000552. The van der Waals surface area contributed by atoms with Crippen LogP contribution in [0.5, 0.6) is 11.5 Å². The van der Waals surface area contributed by atoms with E-state index in [0.717, 1.165) is 48.5 Å². The average Bonchev–Trinajstić information content (AvgIpc) is 2.95. The minimum Gasteiger partial charge on any atom is -0.507 e. The zero-order chi connectivity index (χ0) is 32.4. The number of rotatable bonds is 9. The number of hydrogen-bond acceptors (Lipinski definition) is 12. The maximum absolute atomic E-state index is 12.3. The first-order chi connectivity index (χ1) is 20.5. The molecule has 22 heteroatoms. The van der Waals surface area contributed by atoms with Gasteiger partial charge in [-0.05, 0) is 60.7 Å². The molecule has 0 heterocycles. The third-order valence-electron chi connectivity index (χ3n) is 5.76. The van der Waals surface area contributed by atoms with Gasteiger partial charge < -0.3 is 20.4 Å². The third-order valence-corrected chi connectivity index (χ3v) is 7.55. The summed E-state index contributed by atoms with van der Waals surface area (Å²) >= 11 is 0. The van der Waals surface area contributed by atoms with E-state index < -0.39 is 64.6 Å². The first-order valence-corrected chi connectivity index (χ1v) is 14.6. The largest absolute Gasteiger partial charge is 0.507 e. The van der Waals surface area contributed by atoms with Crippen molar-refractivity contribution in [2.75, 3.05) is 0 Å². The molecule has 4 rings (SSSR count). The number of azo groups is 2. The first kappa shape index (κ1) is 46.4. The number of aromatic hydroxyl groups is 2. The minimum atomic E-state index is -5.04. The molecule has 0 saturated heterocycles. The number of carboxylic acids is 2. The second kappa shape index (κ2) is 19.2. The number of benzene rings is 4. The summed E-state index contributed by atoms with van der Waals surface area (Å²) in [6.07, 6.45) is 0. The Bertz CT molecular complexity index is 1980. The summed E-state index contributed by atoms with van der Waals surface area (Å²) < 4.78 is 69.0. The van der Waals surface area contributed by atoms with Gasteiger partial charge in [0.05, 0.1) is 22.7 Å². The molecule has 0 bridgehead atoms. The van der Waals surface area contributed by atoms with Crippen molar-refractivity contribution < 1.29 is 56.0 Å². The third kappa shape index (κ3) is 11.8. The number of nitrogens with zero attached hydrogens (tertiary/aromatic N) is 4. The average molecular weight is 735 g/mol. The predicted octanol–water partition coefficient (Wildman–Crippen LogP) is 3.96. The van der Waals surface area contributed by atoms with Crippen LogP contribution in [0.15, 0.2) is 103 Å². The van der Waals surface area contributed by atoms with Gasteiger partial charge in [0.25, 0.3) is 20.2 Å². The normalized spacial score (nSPS) is 11.1. The SMILES string of the molecule is O=C(O)c1cc(N=Nc2ccc(-c3ccc(N=Nc4ccc(O)c(C(=O)O)c4)cc3S(=O)(=O)O)c(S(=O)(=O)O)c2)ccc1O.[Na].[Na].[Na].[Na]. The van der Waals surface area contributed by atoms with Crippen LogP contribution in [0.2, 0.25) is 0 Å². The topological polar surface area (TPSA) is 273 Å². The fourth-order valence-corrected chi connectivity index (χ4v) is 5.22. The van der Waals surface area contributed by atoms with E-state index in [1.807, 2.05) is 0 Å². The summed E-state index contributed by atoms with van der Waals surface area (Å²) in [5.41, 5.74) is -2.06. The molecule has 4 aromatic rings. The molecule has 0 fully saturated rings. The van der Waals surface area contributed by atoms with Gasteiger partial charge in [-0.15, -0.1) is 0 Å². The zero-order valence-corrected chi connectivity index (χ0v) is 35.3. The van der Waals surface area contributed by atoms with Crippen molar-refractivity contribution in [2.24, 2.45) is 20.5 Å². The summed E-state index contributed by atoms with van der Waals surface area (Å²) in [5, 5.41) is 52.7. The van der Waals surface area contributed by atoms with Crippen molar-refractivity contribution in [1.82, 2.24) is 0 Å². The van der Waals surface area contributed by atoms with Crippen LogP contribution < -0.4 is 0 Å². The molecule has 0 saturated carbocycles. The van der Waals surface area contributed by atoms with Crippen molar-refractivity contribution >= 4 is 173 Å². The number of carboxylic acid groups (broad SMARTS) is 2. The van der Waals surface area contributed by atoms with E-state index in [-0.39, 0.29) is 152 Å². The summed E-state index contributed by atoms with van der Waals surface area (Å²) in [6, 6.07) is 12.8. The Morgan fingerprint density at radius 1 is 0.479 bits per heavy atom. The van der Waals surface area contributed by atoms with Crippen molar-refractivity contribution in [3.8, 4) is 22.6 Å². The summed E-state index contributed by atoms with van der Waals surface area (Å²) in [5.74, 6) is -3.92. The number of hydrogen-bond donors (Lipinski definition) is 6. The van der Waals surface area contributed by atoms with Crippen LogP contribution in [0.4, 0.5) is 22.7 Å². The van der Waals surface area contributed by atoms with Gasteiger partial charge >= 0.3 is 11.9 Å². The van der Waals surface area contributed by atoms with E-state index in [2.05, 4.69) is 20.5 Å². The molecule has 0 aliphatic rings. The Kier molecular flexibility index (Phi) is 18.5. The van der Waals surface area contributed by atoms with Crippen LogP contribution in [0.1, 0.15) is 20.7 Å². The number of phenols is 2. The van der Waals surface area contributed by atoms with E-state index >= 15 is 0 Å². The molecule has 0 unspecified atom stereocenters. The fourth-order valence-electron chi connectivity index (χ4n) is 3.76. The molecule has 0 amide bonds. The number of carbonyl (C=O) groups is 2. The van der Waals surface area contributed by atoms with E-state index in [1.165, 1.54) is 24.3 Å². The quantitative estimate of drug-likeness (QED) is 0.0810. The van der Waals surface area contributed by atoms with E-state index in [1.54, 1.807) is 0 Å². The summed E-state index contributed by atoms with van der Waals surface area (Å²) in [6.45, 7) is 0. The van der Waals surface area contributed by atoms with Gasteiger partial charge in [-0.2, -0.15) is 37.3 Å². The van der Waals surface area contributed by atoms with Crippen molar-refractivity contribution in [3.05, 3.63) is 83.9 Å². The van der Waals surface area contributed by atoms with Gasteiger partial charge in [0.1, 0.15) is 32.4 Å². The smallest absolute Gasteiger partial charge is 0.339 e. The molecular weight excluding hydrogens is 716 g/mol. The van der Waals surface area contributed by atoms with Gasteiger partial charge in [-0.1, -0.05) is 12.1 Å². The molecule has 0 aromatic heterocycles. The Morgan fingerprint density at radius 2 is 0.750 bits per heavy atom. The Labute approximate surface area is 361 Å². The number of aromatic carboxylic acids is 2. The second-order valence-electron chi connectivity index (χ2n) is 8.72. The van der Waals surface area contributed by atoms with Crippen LogP contribution in [-0.4, -0.2) is 177 Å². The van der Waals surface area contributed by atoms with Crippen LogP contribution >= 0.6 is 0 Å².